The van der Waals surface area contributed by atoms with Gasteiger partial charge in [-0.2, -0.15) is 5.10 Å². The second kappa shape index (κ2) is 10.0. The molecule has 3 N–H and O–H groups in total. The molecule has 30 heavy (non-hydrogen) atoms. The number of halogens is 1. The Labute approximate surface area is 181 Å². The van der Waals surface area contributed by atoms with Crippen molar-refractivity contribution in [2.75, 3.05) is 33.2 Å². The summed E-state index contributed by atoms with van der Waals surface area (Å²) in [5, 5.41) is 13.4. The van der Waals surface area contributed by atoms with Gasteiger partial charge in [0.05, 0.1) is 5.02 Å². The first-order chi connectivity index (χ1) is 14.4. The van der Waals surface area contributed by atoms with Gasteiger partial charge in [0.1, 0.15) is 11.4 Å². The standard InChI is InChI=1S/C21H29ClN6O2/c1-21(7-8-21)18-13-17(26-27-18)20(30)24-10-4-12-28(2)11-3-9-23-19(29)16-6-5-15(22)14-25-16/h5-6,13-14H,3-4,7-12H2,1-2H3,(H,23,29)(H,24,30)(H,26,27). The predicted molar refractivity (Wildman–Crippen MR) is 116 cm³/mol. The van der Waals surface area contributed by atoms with Gasteiger partial charge in [0.15, 0.2) is 0 Å². The molecular weight excluding hydrogens is 404 g/mol. The van der Waals surface area contributed by atoms with E-state index in [2.05, 4.69) is 37.6 Å². The van der Waals surface area contributed by atoms with Crippen LogP contribution in [0.4, 0.5) is 0 Å². The molecule has 2 heterocycles. The topological polar surface area (TPSA) is 103 Å². The van der Waals surface area contributed by atoms with Gasteiger partial charge >= 0.3 is 0 Å². The lowest BCUT2D eigenvalue weighted by molar-refractivity contribution is 0.0941. The first kappa shape index (κ1) is 22.2. The summed E-state index contributed by atoms with van der Waals surface area (Å²) in [6.07, 6.45) is 5.42. The van der Waals surface area contributed by atoms with Gasteiger partial charge in [0.25, 0.3) is 11.8 Å². The summed E-state index contributed by atoms with van der Waals surface area (Å²) in [4.78, 5) is 30.4. The predicted octanol–water partition coefficient (Wildman–Crippen LogP) is 2.38. The van der Waals surface area contributed by atoms with Gasteiger partial charge in [-0.3, -0.25) is 14.7 Å². The molecule has 0 bridgehead atoms. The van der Waals surface area contributed by atoms with Crippen molar-refractivity contribution in [1.29, 1.82) is 0 Å². The average Bonchev–Trinajstić information content (AvgIpc) is 3.28. The van der Waals surface area contributed by atoms with E-state index in [1.54, 1.807) is 12.1 Å². The van der Waals surface area contributed by atoms with Crippen LogP contribution in [0.1, 0.15) is 59.3 Å². The van der Waals surface area contributed by atoms with Crippen LogP contribution in [0.15, 0.2) is 24.4 Å². The molecule has 0 aromatic carbocycles. The van der Waals surface area contributed by atoms with Crippen molar-refractivity contribution in [2.24, 2.45) is 0 Å². The molecule has 2 amide bonds. The SMILES string of the molecule is CN(CCCNC(=O)c1ccc(Cl)cn1)CCCNC(=O)c1cc(C2(C)CC2)[nH]n1. The van der Waals surface area contributed by atoms with E-state index >= 15 is 0 Å². The number of hydrogen-bond donors (Lipinski definition) is 3. The van der Waals surface area contributed by atoms with Crippen LogP contribution < -0.4 is 10.6 Å². The number of pyridine rings is 1. The van der Waals surface area contributed by atoms with Crippen LogP contribution in [0, 0.1) is 0 Å². The van der Waals surface area contributed by atoms with Gasteiger partial charge in [-0.05, 0) is 64.0 Å². The van der Waals surface area contributed by atoms with Crippen molar-refractivity contribution in [2.45, 2.75) is 38.0 Å². The highest BCUT2D eigenvalue weighted by molar-refractivity contribution is 6.30. The Kier molecular flexibility index (Phi) is 7.44. The number of amides is 2. The van der Waals surface area contributed by atoms with Crippen molar-refractivity contribution >= 4 is 23.4 Å². The van der Waals surface area contributed by atoms with E-state index in [-0.39, 0.29) is 17.2 Å². The fourth-order valence-corrected chi connectivity index (χ4v) is 3.22. The first-order valence-corrected chi connectivity index (χ1v) is 10.7. The molecule has 2 aromatic heterocycles. The Hall–Kier alpha value is -2.45. The molecule has 3 rings (SSSR count). The molecule has 1 fully saturated rings. The van der Waals surface area contributed by atoms with Crippen LogP contribution in [-0.4, -0.2) is 65.1 Å². The second-order valence-corrected chi connectivity index (χ2v) is 8.55. The van der Waals surface area contributed by atoms with Crippen molar-refractivity contribution < 1.29 is 9.59 Å². The quantitative estimate of drug-likeness (QED) is 0.473. The minimum Gasteiger partial charge on any atom is -0.351 e. The minimum atomic E-state index is -0.200. The smallest absolute Gasteiger partial charge is 0.271 e. The van der Waals surface area contributed by atoms with Crippen LogP contribution in [0.2, 0.25) is 5.02 Å². The normalized spacial score (nSPS) is 14.5. The zero-order valence-corrected chi connectivity index (χ0v) is 18.3. The molecule has 0 aliphatic heterocycles. The van der Waals surface area contributed by atoms with Crippen molar-refractivity contribution in [3.63, 3.8) is 0 Å². The third-order valence-electron chi connectivity index (χ3n) is 5.43. The zero-order valence-electron chi connectivity index (χ0n) is 17.5. The third-order valence-corrected chi connectivity index (χ3v) is 5.65. The van der Waals surface area contributed by atoms with Gasteiger partial charge in [-0.15, -0.1) is 0 Å². The van der Waals surface area contributed by atoms with E-state index in [9.17, 15) is 9.59 Å². The fraction of sp³-hybridized carbons (Fsp3) is 0.524. The molecule has 1 aliphatic carbocycles. The molecule has 162 valence electrons. The summed E-state index contributed by atoms with van der Waals surface area (Å²) < 4.78 is 0. The molecule has 0 atom stereocenters. The third kappa shape index (κ3) is 6.27. The molecule has 1 aliphatic rings. The van der Waals surface area contributed by atoms with Gasteiger partial charge in [-0.25, -0.2) is 4.98 Å². The summed E-state index contributed by atoms with van der Waals surface area (Å²) in [5.74, 6) is -0.336. The first-order valence-electron chi connectivity index (χ1n) is 10.3. The van der Waals surface area contributed by atoms with E-state index in [1.807, 2.05) is 13.1 Å². The molecule has 0 spiro atoms. The molecule has 9 heteroatoms. The van der Waals surface area contributed by atoms with Crippen LogP contribution in [0.5, 0.6) is 0 Å². The maximum Gasteiger partial charge on any atom is 0.271 e. The van der Waals surface area contributed by atoms with E-state index < -0.39 is 0 Å². The number of carbonyl (C=O) groups is 2. The highest BCUT2D eigenvalue weighted by Crippen LogP contribution is 2.46. The van der Waals surface area contributed by atoms with Crippen molar-refractivity contribution in [3.8, 4) is 0 Å². The Balaban J connectivity index is 1.24. The van der Waals surface area contributed by atoms with Crippen LogP contribution in [0.25, 0.3) is 0 Å². The number of H-pyrrole nitrogens is 1. The van der Waals surface area contributed by atoms with E-state index in [0.717, 1.165) is 44.5 Å². The number of aromatic amines is 1. The van der Waals surface area contributed by atoms with Crippen LogP contribution >= 0.6 is 11.6 Å². The van der Waals surface area contributed by atoms with Crippen molar-refractivity contribution in [1.82, 2.24) is 30.7 Å². The van der Waals surface area contributed by atoms with Gasteiger partial charge in [0, 0.05) is 30.4 Å². The van der Waals surface area contributed by atoms with Gasteiger partial charge < -0.3 is 15.5 Å². The molecule has 0 saturated heterocycles. The number of rotatable bonds is 11. The number of nitrogens with zero attached hydrogens (tertiary/aromatic N) is 3. The molecule has 0 radical (unpaired) electrons. The van der Waals surface area contributed by atoms with Crippen LogP contribution in [0.3, 0.4) is 0 Å². The Morgan fingerprint density at radius 3 is 2.33 bits per heavy atom. The van der Waals surface area contributed by atoms with Crippen molar-refractivity contribution in [3.05, 3.63) is 46.5 Å². The maximum atomic E-state index is 12.2. The van der Waals surface area contributed by atoms with E-state index in [1.165, 1.54) is 6.20 Å². The molecule has 1 saturated carbocycles. The largest absolute Gasteiger partial charge is 0.351 e. The number of hydrogen-bond acceptors (Lipinski definition) is 5. The summed E-state index contributed by atoms with van der Waals surface area (Å²) in [5.41, 5.74) is 2.04. The van der Waals surface area contributed by atoms with Gasteiger partial charge in [0.2, 0.25) is 0 Å². The fourth-order valence-electron chi connectivity index (χ4n) is 3.11. The highest BCUT2D eigenvalue weighted by Gasteiger charge is 2.41. The summed E-state index contributed by atoms with van der Waals surface area (Å²) in [6.45, 7) is 5.06. The molecule has 2 aromatic rings. The summed E-state index contributed by atoms with van der Waals surface area (Å²) >= 11 is 5.77. The van der Waals surface area contributed by atoms with Gasteiger partial charge in [-0.1, -0.05) is 18.5 Å². The maximum absolute atomic E-state index is 12.2. The lowest BCUT2D eigenvalue weighted by Crippen LogP contribution is -2.31. The number of aromatic nitrogens is 3. The highest BCUT2D eigenvalue weighted by atomic mass is 35.5. The summed E-state index contributed by atoms with van der Waals surface area (Å²) in [7, 11) is 2.03. The molecular formula is C21H29ClN6O2. The Bertz CT molecular complexity index is 863. The zero-order chi connectivity index (χ0) is 21.6. The minimum absolute atomic E-state index is 0.136. The lowest BCUT2D eigenvalue weighted by Gasteiger charge is -2.16. The van der Waals surface area contributed by atoms with E-state index in [0.29, 0.717) is 29.5 Å². The average molecular weight is 433 g/mol. The second-order valence-electron chi connectivity index (χ2n) is 8.11. The Morgan fingerprint density at radius 2 is 1.77 bits per heavy atom. The lowest BCUT2D eigenvalue weighted by atomic mass is 10.1. The number of carbonyl (C=O) groups excluding carboxylic acids is 2. The summed E-state index contributed by atoms with van der Waals surface area (Å²) in [6, 6.07) is 5.12. The number of nitrogens with one attached hydrogen (secondary N) is 3. The van der Waals surface area contributed by atoms with Crippen LogP contribution in [-0.2, 0) is 5.41 Å². The molecule has 0 unspecified atom stereocenters. The monoisotopic (exact) mass is 432 g/mol. The molecule has 8 nitrogen and oxygen atoms in total. The van der Waals surface area contributed by atoms with E-state index in [4.69, 9.17) is 11.6 Å². The Morgan fingerprint density at radius 1 is 1.13 bits per heavy atom.